The Kier molecular flexibility index (Phi) is 6.81. The fraction of sp³-hybridized carbons (Fsp3) is 0.667. The summed E-state index contributed by atoms with van der Waals surface area (Å²) >= 11 is 0. The van der Waals surface area contributed by atoms with E-state index in [1.165, 1.54) is 24.3 Å². The van der Waals surface area contributed by atoms with Crippen molar-refractivity contribution in [2.24, 2.45) is 16.7 Å². The molecule has 3 heterocycles. The van der Waals surface area contributed by atoms with Crippen molar-refractivity contribution in [3.8, 4) is 0 Å². The quantitative estimate of drug-likeness (QED) is 0.225. The van der Waals surface area contributed by atoms with Gasteiger partial charge in [-0.25, -0.2) is 14.4 Å². The highest BCUT2D eigenvalue weighted by Gasteiger charge is 2.83. The van der Waals surface area contributed by atoms with Crippen LogP contribution >= 0.6 is 0 Å². The van der Waals surface area contributed by atoms with Crippen molar-refractivity contribution in [1.29, 1.82) is 0 Å². The normalized spacial score (nSPS) is 45.9. The molecular weight excluding hydrogens is 484 g/mol. The minimum absolute atomic E-state index is 0.00994. The van der Waals surface area contributed by atoms with Crippen molar-refractivity contribution >= 4 is 17.9 Å². The molecule has 2 saturated heterocycles. The summed E-state index contributed by atoms with van der Waals surface area (Å²) in [4.78, 5) is 37.6. The smallest absolute Gasteiger partial charge is 0.335 e. The number of cyclic esters (lactones) is 2. The molecule has 202 valence electrons. The number of aliphatic hydroxyl groups excluding tert-OH is 2. The Labute approximate surface area is 215 Å². The van der Waals surface area contributed by atoms with Gasteiger partial charge in [-0.15, -0.1) is 0 Å². The molecule has 3 fully saturated rings. The number of esters is 3. The maximum atomic E-state index is 13.0. The molecule has 0 aromatic heterocycles. The summed E-state index contributed by atoms with van der Waals surface area (Å²) in [7, 11) is 0. The highest BCUT2D eigenvalue weighted by Crippen LogP contribution is 2.72. The van der Waals surface area contributed by atoms with Crippen molar-refractivity contribution in [2.45, 2.75) is 69.5 Å². The lowest BCUT2D eigenvalue weighted by Crippen LogP contribution is -2.67. The summed E-state index contributed by atoms with van der Waals surface area (Å²) in [6.45, 7) is 3.96. The van der Waals surface area contributed by atoms with Crippen molar-refractivity contribution in [3.05, 3.63) is 36.0 Å². The molecular formula is C27H34O10. The third-order valence-electron chi connectivity index (χ3n) is 9.20. The van der Waals surface area contributed by atoms with Gasteiger partial charge in [0.2, 0.25) is 0 Å². The molecule has 0 radical (unpaired) electrons. The second kappa shape index (κ2) is 9.65. The number of epoxide rings is 1. The van der Waals surface area contributed by atoms with E-state index in [4.69, 9.17) is 23.7 Å². The molecule has 2 spiro atoms. The van der Waals surface area contributed by atoms with E-state index < -0.39 is 58.6 Å². The lowest BCUT2D eigenvalue weighted by Gasteiger charge is -2.58. The largest absolute Gasteiger partial charge is 0.463 e. The fourth-order valence-corrected chi connectivity index (χ4v) is 6.70. The Morgan fingerprint density at radius 3 is 2.49 bits per heavy atom. The highest BCUT2D eigenvalue weighted by atomic mass is 16.6. The van der Waals surface area contributed by atoms with Crippen LogP contribution in [0, 0.1) is 16.7 Å². The molecule has 8 atom stereocenters. The van der Waals surface area contributed by atoms with Gasteiger partial charge in [-0.3, -0.25) is 0 Å². The number of rotatable bonds is 1. The predicted molar refractivity (Wildman–Crippen MR) is 127 cm³/mol. The number of carbonyl (C=O) groups is 3. The first-order valence-electron chi connectivity index (χ1n) is 12.8. The number of hydrogen-bond donors (Lipinski definition) is 2. The number of carbonyl (C=O) groups excluding carboxylic acids is 3. The third kappa shape index (κ3) is 4.14. The van der Waals surface area contributed by atoms with Gasteiger partial charge in [0, 0.05) is 24.0 Å². The van der Waals surface area contributed by atoms with E-state index in [0.29, 0.717) is 25.9 Å². The van der Waals surface area contributed by atoms with Crippen molar-refractivity contribution in [3.63, 3.8) is 0 Å². The number of aliphatic hydroxyl groups is 2. The SMILES string of the molecule is CC1CCOC(=O)/C=C\C=C/C(=O)OC2CC3OC4C=C(CO)CCC4(COC(=O)C1O)C2(C)C31CO1. The summed E-state index contributed by atoms with van der Waals surface area (Å²) < 4.78 is 29.4. The molecule has 3 aliphatic heterocycles. The van der Waals surface area contributed by atoms with Gasteiger partial charge in [0.15, 0.2) is 6.10 Å². The lowest BCUT2D eigenvalue weighted by molar-refractivity contribution is -0.235. The van der Waals surface area contributed by atoms with E-state index in [1.54, 1.807) is 6.92 Å². The van der Waals surface area contributed by atoms with E-state index in [0.717, 1.165) is 5.57 Å². The minimum atomic E-state index is -1.41. The first-order valence-corrected chi connectivity index (χ1v) is 12.8. The Morgan fingerprint density at radius 1 is 1.05 bits per heavy atom. The van der Waals surface area contributed by atoms with Crippen LogP contribution in [0.5, 0.6) is 0 Å². The van der Waals surface area contributed by atoms with Gasteiger partial charge < -0.3 is 33.9 Å². The zero-order valence-electron chi connectivity index (χ0n) is 21.1. The maximum Gasteiger partial charge on any atom is 0.335 e. The van der Waals surface area contributed by atoms with Crippen LogP contribution < -0.4 is 0 Å². The van der Waals surface area contributed by atoms with Gasteiger partial charge in [0.25, 0.3) is 0 Å². The van der Waals surface area contributed by atoms with E-state index in [9.17, 15) is 24.6 Å². The monoisotopic (exact) mass is 518 g/mol. The predicted octanol–water partition coefficient (Wildman–Crippen LogP) is 1.14. The van der Waals surface area contributed by atoms with Crippen molar-refractivity contribution < 1.29 is 48.3 Å². The first kappa shape index (κ1) is 26.1. The Morgan fingerprint density at radius 2 is 1.78 bits per heavy atom. The standard InChI is InChI=1S/C27H34O10/c1-16-8-10-33-21(29)5-3-4-6-22(30)37-18-12-20-27(15-35-27)25(18,2)26(14-34-24(32)23(16)31)9-7-17(13-28)11-19(26)36-20/h3-6,11,16,18-20,23,28,31H,7-10,12-15H2,1-2H3/b5-3-,6-4-. The van der Waals surface area contributed by atoms with Gasteiger partial charge >= 0.3 is 17.9 Å². The summed E-state index contributed by atoms with van der Waals surface area (Å²) in [6.07, 6.45) is 6.03. The number of hydrogen-bond acceptors (Lipinski definition) is 10. The van der Waals surface area contributed by atoms with Crippen LogP contribution in [-0.2, 0) is 38.1 Å². The molecule has 1 saturated carbocycles. The van der Waals surface area contributed by atoms with Crippen LogP contribution in [-0.4, -0.2) is 84.6 Å². The topological polar surface area (TPSA) is 141 Å². The second-order valence-corrected chi connectivity index (χ2v) is 10.9. The number of allylic oxidation sites excluding steroid dienone is 2. The molecule has 37 heavy (non-hydrogen) atoms. The van der Waals surface area contributed by atoms with Crippen LogP contribution in [0.1, 0.15) is 39.5 Å². The third-order valence-corrected chi connectivity index (χ3v) is 9.20. The molecule has 2 aliphatic carbocycles. The van der Waals surface area contributed by atoms with E-state index in [2.05, 4.69) is 0 Å². The molecule has 0 aromatic carbocycles. The summed E-state index contributed by atoms with van der Waals surface area (Å²) in [5.41, 5.74) is -1.44. The summed E-state index contributed by atoms with van der Waals surface area (Å²) in [6, 6.07) is 0. The molecule has 2 bridgehead atoms. The Balaban J connectivity index is 1.53. The molecule has 5 rings (SSSR count). The van der Waals surface area contributed by atoms with Gasteiger partial charge in [-0.1, -0.05) is 32.1 Å². The van der Waals surface area contributed by atoms with Crippen LogP contribution in [0.15, 0.2) is 36.0 Å². The zero-order valence-corrected chi connectivity index (χ0v) is 21.1. The Hall–Kier alpha value is -2.53. The maximum absolute atomic E-state index is 13.0. The highest BCUT2D eigenvalue weighted by molar-refractivity contribution is 5.84. The van der Waals surface area contributed by atoms with Gasteiger partial charge in [-0.2, -0.15) is 0 Å². The van der Waals surface area contributed by atoms with Crippen LogP contribution in [0.2, 0.25) is 0 Å². The Bertz CT molecular complexity index is 1040. The first-order chi connectivity index (χ1) is 17.7. The summed E-state index contributed by atoms with van der Waals surface area (Å²) in [5, 5.41) is 20.4. The average Bonchev–Trinajstić information content (AvgIpc) is 3.66. The molecule has 8 unspecified atom stereocenters. The van der Waals surface area contributed by atoms with Gasteiger partial charge in [-0.05, 0) is 30.8 Å². The minimum Gasteiger partial charge on any atom is -0.463 e. The molecule has 10 nitrogen and oxygen atoms in total. The van der Waals surface area contributed by atoms with Crippen LogP contribution in [0.4, 0.5) is 0 Å². The second-order valence-electron chi connectivity index (χ2n) is 10.9. The van der Waals surface area contributed by atoms with E-state index in [-0.39, 0.29) is 32.3 Å². The molecule has 2 N–H and O–H groups in total. The van der Waals surface area contributed by atoms with Crippen molar-refractivity contribution in [1.82, 2.24) is 0 Å². The molecule has 10 heteroatoms. The summed E-state index contributed by atoms with van der Waals surface area (Å²) in [5.74, 6) is -2.48. The van der Waals surface area contributed by atoms with Gasteiger partial charge in [0.1, 0.15) is 18.3 Å². The average molecular weight is 519 g/mol. The number of ether oxygens (including phenoxy) is 5. The van der Waals surface area contributed by atoms with Crippen molar-refractivity contribution in [2.75, 3.05) is 26.4 Å². The van der Waals surface area contributed by atoms with Crippen LogP contribution in [0.3, 0.4) is 0 Å². The van der Waals surface area contributed by atoms with Crippen LogP contribution in [0.25, 0.3) is 0 Å². The fourth-order valence-electron chi connectivity index (χ4n) is 6.70. The molecule has 5 aliphatic rings. The molecule has 0 amide bonds. The van der Waals surface area contributed by atoms with E-state index in [1.807, 2.05) is 13.0 Å². The lowest BCUT2D eigenvalue weighted by atomic mass is 9.51. The van der Waals surface area contributed by atoms with Gasteiger partial charge in [0.05, 0.1) is 37.4 Å². The van der Waals surface area contributed by atoms with E-state index >= 15 is 0 Å². The zero-order chi connectivity index (χ0) is 26.4. The molecule has 0 aromatic rings.